The van der Waals surface area contributed by atoms with E-state index < -0.39 is 63.8 Å². The van der Waals surface area contributed by atoms with Crippen LogP contribution in [-0.2, 0) is 32.6 Å². The van der Waals surface area contributed by atoms with Crippen LogP contribution >= 0.6 is 0 Å². The Balaban J connectivity index is 1.93. The van der Waals surface area contributed by atoms with E-state index in [1.165, 1.54) is 0 Å². The zero-order valence-electron chi connectivity index (χ0n) is 16.0. The van der Waals surface area contributed by atoms with Crippen molar-refractivity contribution < 1.29 is 37.3 Å². The number of amides is 2. The first-order chi connectivity index (χ1) is 13.3. The summed E-state index contributed by atoms with van der Waals surface area (Å²) in [6.07, 6.45) is -2.10. The Bertz CT molecular complexity index is 974. The molecule has 29 heavy (non-hydrogen) atoms. The minimum atomic E-state index is -4.33. The van der Waals surface area contributed by atoms with Crippen LogP contribution in [0.5, 0.6) is 5.75 Å². The van der Waals surface area contributed by atoms with Gasteiger partial charge in [-0.2, -0.15) is 8.42 Å². The largest absolute Gasteiger partial charge is 0.506 e. The summed E-state index contributed by atoms with van der Waals surface area (Å²) in [4.78, 5) is 23.5. The highest BCUT2D eigenvalue weighted by Gasteiger charge is 2.40. The minimum Gasteiger partial charge on any atom is -0.506 e. The maximum Gasteiger partial charge on any atom is 0.407 e. The van der Waals surface area contributed by atoms with Crippen molar-refractivity contribution in [2.45, 2.75) is 51.4 Å². The highest BCUT2D eigenvalue weighted by atomic mass is 32.2. The van der Waals surface area contributed by atoms with Gasteiger partial charge in [-0.1, -0.05) is 0 Å². The summed E-state index contributed by atoms with van der Waals surface area (Å²) in [6.45, 7) is 4.33. The molecule has 1 fully saturated rings. The maximum absolute atomic E-state index is 15.2. The number of halogens is 1. The number of carbonyl (C=O) groups is 2. The second-order valence-electron chi connectivity index (χ2n) is 7.96. The standard InChI is InChI=1S/C17H22FN3O7S/c1-17(2,3)28-16(25)19-10-6-9-8(4-11(10)22)5-12(23)15(14(9)18)21-7-13(24)20-29(21,26)27/h5,10-11,22-23H,4,6-7H2,1-3H3,(H,19,25)(H,20,24)/t10-,11+/m0/s1. The second-order valence-corrected chi connectivity index (χ2v) is 9.56. The van der Waals surface area contributed by atoms with Crippen molar-refractivity contribution in [3.05, 3.63) is 23.0 Å². The van der Waals surface area contributed by atoms with E-state index in [-0.39, 0.29) is 24.0 Å². The molecule has 0 bridgehead atoms. The first-order valence-electron chi connectivity index (χ1n) is 8.82. The number of alkyl carbamates (subject to hydrolysis) is 1. The third-order valence-electron chi connectivity index (χ3n) is 4.50. The van der Waals surface area contributed by atoms with Crippen molar-refractivity contribution in [2.75, 3.05) is 10.8 Å². The molecular formula is C17H22FN3O7S. The predicted octanol–water partition coefficient (Wildman–Crippen LogP) is 0.0651. The van der Waals surface area contributed by atoms with Gasteiger partial charge in [0.25, 0.3) is 5.91 Å². The molecule has 1 heterocycles. The third-order valence-corrected chi connectivity index (χ3v) is 5.88. The van der Waals surface area contributed by atoms with Gasteiger partial charge < -0.3 is 20.3 Å². The lowest BCUT2D eigenvalue weighted by Crippen LogP contribution is -2.49. The quantitative estimate of drug-likeness (QED) is 0.518. The Kier molecular flexibility index (Phi) is 5.11. The number of nitrogens with one attached hydrogen (secondary N) is 2. The Labute approximate surface area is 166 Å². The summed E-state index contributed by atoms with van der Waals surface area (Å²) >= 11 is 0. The number of anilines is 1. The van der Waals surface area contributed by atoms with E-state index in [2.05, 4.69) is 5.32 Å². The summed E-state index contributed by atoms with van der Waals surface area (Å²) in [5.74, 6) is -2.57. The van der Waals surface area contributed by atoms with Gasteiger partial charge in [0.05, 0.1) is 12.1 Å². The zero-order valence-corrected chi connectivity index (χ0v) is 16.8. The van der Waals surface area contributed by atoms with E-state index >= 15 is 4.39 Å². The van der Waals surface area contributed by atoms with Crippen LogP contribution in [0.3, 0.4) is 0 Å². The summed E-state index contributed by atoms with van der Waals surface area (Å²) in [5, 5.41) is 23.0. The summed E-state index contributed by atoms with van der Waals surface area (Å²) in [6, 6.07) is 0.262. The number of benzene rings is 1. The fourth-order valence-corrected chi connectivity index (χ4v) is 4.50. The number of aliphatic hydroxyl groups excluding tert-OH is 1. The molecule has 2 atom stereocenters. The van der Waals surface area contributed by atoms with E-state index in [1.54, 1.807) is 25.5 Å². The normalized spacial score (nSPS) is 23.3. The number of aromatic hydroxyl groups is 1. The number of carbonyl (C=O) groups excluding carboxylic acids is 2. The number of nitrogens with zero attached hydrogens (tertiary/aromatic N) is 1. The molecule has 2 amide bonds. The van der Waals surface area contributed by atoms with Crippen LogP contribution in [0.15, 0.2) is 6.07 Å². The third kappa shape index (κ3) is 4.22. The Hall–Kier alpha value is -2.60. The highest BCUT2D eigenvalue weighted by molar-refractivity contribution is 7.92. The molecule has 1 aromatic rings. The molecule has 0 unspecified atom stereocenters. The van der Waals surface area contributed by atoms with Crippen molar-refractivity contribution in [3.63, 3.8) is 0 Å². The SMILES string of the molecule is CC(C)(C)OC(=O)N[C@H]1Cc2c(cc(O)c(N3CC(=O)NS3(=O)=O)c2F)C[C@H]1O. The molecule has 0 spiro atoms. The van der Waals surface area contributed by atoms with Crippen LogP contribution in [0.2, 0.25) is 0 Å². The number of fused-ring (bicyclic) bond motifs is 1. The Morgan fingerprint density at radius 3 is 2.59 bits per heavy atom. The van der Waals surface area contributed by atoms with E-state index in [9.17, 15) is 28.2 Å². The van der Waals surface area contributed by atoms with Crippen molar-refractivity contribution in [2.24, 2.45) is 0 Å². The number of ether oxygens (including phenoxy) is 1. The van der Waals surface area contributed by atoms with Gasteiger partial charge in [0.1, 0.15) is 23.6 Å². The van der Waals surface area contributed by atoms with Gasteiger partial charge in [-0.05, 0) is 44.4 Å². The summed E-state index contributed by atoms with van der Waals surface area (Å²) < 4.78 is 46.6. The highest BCUT2D eigenvalue weighted by Crippen LogP contribution is 2.39. The average molecular weight is 431 g/mol. The lowest BCUT2D eigenvalue weighted by molar-refractivity contribution is -0.117. The van der Waals surface area contributed by atoms with Crippen LogP contribution in [0.25, 0.3) is 0 Å². The van der Waals surface area contributed by atoms with Gasteiger partial charge in [-0.25, -0.2) is 18.2 Å². The van der Waals surface area contributed by atoms with E-state index in [1.807, 2.05) is 0 Å². The molecule has 0 radical (unpaired) electrons. The van der Waals surface area contributed by atoms with Gasteiger partial charge in [0.15, 0.2) is 5.82 Å². The van der Waals surface area contributed by atoms with Crippen LogP contribution in [0, 0.1) is 5.82 Å². The summed E-state index contributed by atoms with van der Waals surface area (Å²) in [5.41, 5.74) is -1.13. The molecule has 1 aliphatic heterocycles. The number of hydrogen-bond donors (Lipinski definition) is 4. The van der Waals surface area contributed by atoms with Crippen molar-refractivity contribution >= 4 is 27.9 Å². The first kappa shape index (κ1) is 21.1. The van der Waals surface area contributed by atoms with E-state index in [4.69, 9.17) is 4.74 Å². The number of hydrogen-bond acceptors (Lipinski definition) is 7. The summed E-state index contributed by atoms with van der Waals surface area (Å²) in [7, 11) is -4.33. The van der Waals surface area contributed by atoms with Gasteiger partial charge in [-0.3, -0.25) is 4.79 Å². The lowest BCUT2D eigenvalue weighted by atomic mass is 9.85. The molecule has 2 aliphatic rings. The monoisotopic (exact) mass is 431 g/mol. The fraction of sp³-hybridized carbons (Fsp3) is 0.529. The Morgan fingerprint density at radius 2 is 2.03 bits per heavy atom. The molecular weight excluding hydrogens is 409 g/mol. The molecule has 10 nitrogen and oxygen atoms in total. The predicted molar refractivity (Wildman–Crippen MR) is 99.0 cm³/mol. The topological polar surface area (TPSA) is 145 Å². The van der Waals surface area contributed by atoms with Crippen molar-refractivity contribution in [1.29, 1.82) is 0 Å². The first-order valence-corrected chi connectivity index (χ1v) is 10.3. The van der Waals surface area contributed by atoms with Gasteiger partial charge >= 0.3 is 16.3 Å². The molecule has 4 N–H and O–H groups in total. The molecule has 0 saturated carbocycles. The van der Waals surface area contributed by atoms with Crippen LogP contribution in [-0.4, -0.2) is 54.9 Å². The second kappa shape index (κ2) is 7.02. The number of rotatable bonds is 2. The molecule has 0 aromatic heterocycles. The van der Waals surface area contributed by atoms with Crippen LogP contribution < -0.4 is 14.3 Å². The van der Waals surface area contributed by atoms with E-state index in [0.717, 1.165) is 6.07 Å². The van der Waals surface area contributed by atoms with Crippen LogP contribution in [0.1, 0.15) is 31.9 Å². The number of phenolic OH excluding ortho intramolecular Hbond substituents is 1. The van der Waals surface area contributed by atoms with Crippen LogP contribution in [0.4, 0.5) is 14.9 Å². The molecule has 12 heteroatoms. The molecule has 1 saturated heterocycles. The number of phenols is 1. The molecule has 160 valence electrons. The smallest absolute Gasteiger partial charge is 0.407 e. The van der Waals surface area contributed by atoms with Crippen molar-refractivity contribution in [3.8, 4) is 5.75 Å². The van der Waals surface area contributed by atoms with E-state index in [0.29, 0.717) is 4.31 Å². The molecule has 1 aliphatic carbocycles. The van der Waals surface area contributed by atoms with Crippen molar-refractivity contribution in [1.82, 2.24) is 10.0 Å². The molecule has 1 aromatic carbocycles. The fourth-order valence-electron chi connectivity index (χ4n) is 3.33. The van der Waals surface area contributed by atoms with Gasteiger partial charge in [-0.15, -0.1) is 0 Å². The van der Waals surface area contributed by atoms with Gasteiger partial charge in [0.2, 0.25) is 0 Å². The Morgan fingerprint density at radius 1 is 1.38 bits per heavy atom. The number of aliphatic hydroxyl groups is 1. The maximum atomic E-state index is 15.2. The zero-order chi connectivity index (χ0) is 21.7. The lowest BCUT2D eigenvalue weighted by Gasteiger charge is -2.32. The molecule has 3 rings (SSSR count). The minimum absolute atomic E-state index is 0.0266. The average Bonchev–Trinajstić information content (AvgIpc) is 2.79. The van der Waals surface area contributed by atoms with Gasteiger partial charge in [0, 0.05) is 6.42 Å².